The van der Waals surface area contributed by atoms with E-state index in [9.17, 15) is 9.90 Å². The number of phenols is 1. The van der Waals surface area contributed by atoms with Gasteiger partial charge in [-0.25, -0.2) is 0 Å². The van der Waals surface area contributed by atoms with E-state index in [1.165, 1.54) is 0 Å². The lowest BCUT2D eigenvalue weighted by atomic mass is 10.1. The van der Waals surface area contributed by atoms with Gasteiger partial charge in [0, 0.05) is 17.6 Å². The number of aromatic hydroxyl groups is 1. The minimum absolute atomic E-state index is 0.00454. The Morgan fingerprint density at radius 2 is 2.05 bits per heavy atom. The number of nitrogens with one attached hydrogen (secondary N) is 2. The molecule has 2 aromatic carbocycles. The molecule has 0 fully saturated rings. The van der Waals surface area contributed by atoms with Gasteiger partial charge in [0.1, 0.15) is 5.75 Å². The van der Waals surface area contributed by atoms with Crippen LogP contribution in [0.3, 0.4) is 0 Å². The van der Waals surface area contributed by atoms with Crippen molar-refractivity contribution in [2.24, 2.45) is 0 Å². The van der Waals surface area contributed by atoms with Gasteiger partial charge < -0.3 is 20.8 Å². The lowest BCUT2D eigenvalue weighted by molar-refractivity contribution is -0.115. The minimum Gasteiger partial charge on any atom is -0.508 e. The molecular formula is C14H16N2O3. The lowest BCUT2D eigenvalue weighted by Gasteiger charge is -2.09. The van der Waals surface area contributed by atoms with Crippen LogP contribution in [-0.4, -0.2) is 35.8 Å². The van der Waals surface area contributed by atoms with Gasteiger partial charge in [-0.05, 0) is 23.6 Å². The van der Waals surface area contributed by atoms with E-state index < -0.39 is 0 Å². The summed E-state index contributed by atoms with van der Waals surface area (Å²) >= 11 is 0. The summed E-state index contributed by atoms with van der Waals surface area (Å²) in [6.07, 6.45) is 0. The second kappa shape index (κ2) is 6.17. The molecule has 100 valence electrons. The highest BCUT2D eigenvalue weighted by atomic mass is 16.3. The molecule has 0 aliphatic heterocycles. The smallest absolute Gasteiger partial charge is 0.238 e. The highest BCUT2D eigenvalue weighted by Gasteiger charge is 2.06. The molecule has 0 unspecified atom stereocenters. The van der Waals surface area contributed by atoms with Gasteiger partial charge in [-0.3, -0.25) is 4.79 Å². The molecule has 0 saturated carbocycles. The molecule has 0 heterocycles. The Kier molecular flexibility index (Phi) is 4.33. The fourth-order valence-electron chi connectivity index (χ4n) is 1.85. The molecular weight excluding hydrogens is 244 g/mol. The number of carbonyl (C=O) groups excluding carboxylic acids is 1. The van der Waals surface area contributed by atoms with Crippen molar-refractivity contribution in [1.82, 2.24) is 5.32 Å². The van der Waals surface area contributed by atoms with E-state index in [1.807, 2.05) is 12.1 Å². The zero-order valence-corrected chi connectivity index (χ0v) is 10.4. The SMILES string of the molecule is O=C(CNCCO)Nc1cccc2ccc(O)cc12. The topological polar surface area (TPSA) is 81.6 Å². The maximum Gasteiger partial charge on any atom is 0.238 e. The van der Waals surface area contributed by atoms with Gasteiger partial charge in [0.05, 0.1) is 13.2 Å². The summed E-state index contributed by atoms with van der Waals surface area (Å²) in [5.41, 5.74) is 0.657. The molecule has 0 bridgehead atoms. The summed E-state index contributed by atoms with van der Waals surface area (Å²) in [5, 5.41) is 25.4. The maximum atomic E-state index is 11.7. The third kappa shape index (κ3) is 3.43. The first-order valence-corrected chi connectivity index (χ1v) is 6.04. The molecule has 2 rings (SSSR count). The number of amides is 1. The van der Waals surface area contributed by atoms with E-state index in [4.69, 9.17) is 5.11 Å². The summed E-state index contributed by atoms with van der Waals surface area (Å²) in [5.74, 6) is -0.0307. The van der Waals surface area contributed by atoms with Crippen LogP contribution in [0.2, 0.25) is 0 Å². The Labute approximate surface area is 110 Å². The van der Waals surface area contributed by atoms with Gasteiger partial charge in [-0.2, -0.15) is 0 Å². The highest BCUT2D eigenvalue weighted by molar-refractivity contribution is 6.03. The second-order valence-electron chi connectivity index (χ2n) is 4.16. The van der Waals surface area contributed by atoms with E-state index >= 15 is 0 Å². The van der Waals surface area contributed by atoms with E-state index in [-0.39, 0.29) is 24.8 Å². The average Bonchev–Trinajstić information content (AvgIpc) is 2.40. The van der Waals surface area contributed by atoms with Crippen molar-refractivity contribution < 1.29 is 15.0 Å². The predicted molar refractivity (Wildman–Crippen MR) is 74.2 cm³/mol. The third-order valence-corrected chi connectivity index (χ3v) is 2.71. The Hall–Kier alpha value is -2.11. The van der Waals surface area contributed by atoms with Crippen LogP contribution in [0, 0.1) is 0 Å². The molecule has 0 aliphatic carbocycles. The number of hydrogen-bond donors (Lipinski definition) is 4. The van der Waals surface area contributed by atoms with E-state index in [2.05, 4.69) is 10.6 Å². The van der Waals surface area contributed by atoms with Gasteiger partial charge in [0.2, 0.25) is 5.91 Å². The first-order valence-electron chi connectivity index (χ1n) is 6.04. The number of aliphatic hydroxyl groups is 1. The van der Waals surface area contributed by atoms with E-state index in [0.29, 0.717) is 12.2 Å². The standard InChI is InChI=1S/C14H16N2O3/c17-7-6-15-9-14(19)16-13-3-1-2-10-4-5-11(18)8-12(10)13/h1-5,8,15,17-18H,6-7,9H2,(H,16,19). The molecule has 5 nitrogen and oxygen atoms in total. The predicted octanol–water partition coefficient (Wildman–Crippen LogP) is 1.07. The quantitative estimate of drug-likeness (QED) is 0.606. The largest absolute Gasteiger partial charge is 0.508 e. The van der Waals surface area contributed by atoms with E-state index in [1.54, 1.807) is 24.3 Å². The fourth-order valence-corrected chi connectivity index (χ4v) is 1.85. The van der Waals surface area contributed by atoms with Crippen molar-refractivity contribution in [3.05, 3.63) is 36.4 Å². The molecule has 0 radical (unpaired) electrons. The molecule has 0 saturated heterocycles. The zero-order valence-electron chi connectivity index (χ0n) is 10.4. The van der Waals surface area contributed by atoms with Crippen molar-refractivity contribution in [3.8, 4) is 5.75 Å². The van der Waals surface area contributed by atoms with Gasteiger partial charge >= 0.3 is 0 Å². The van der Waals surface area contributed by atoms with Crippen LogP contribution >= 0.6 is 0 Å². The zero-order chi connectivity index (χ0) is 13.7. The number of anilines is 1. The fraction of sp³-hybridized carbons (Fsp3) is 0.214. The lowest BCUT2D eigenvalue weighted by Crippen LogP contribution is -2.29. The molecule has 0 aromatic heterocycles. The Bertz CT molecular complexity index is 584. The summed E-state index contributed by atoms with van der Waals surface area (Å²) in [7, 11) is 0. The molecule has 0 aliphatic rings. The summed E-state index contributed by atoms with van der Waals surface area (Å²) < 4.78 is 0. The minimum atomic E-state index is -0.190. The van der Waals surface area contributed by atoms with Crippen molar-refractivity contribution in [1.29, 1.82) is 0 Å². The van der Waals surface area contributed by atoms with Crippen LogP contribution in [0.1, 0.15) is 0 Å². The number of hydrogen-bond acceptors (Lipinski definition) is 4. The van der Waals surface area contributed by atoms with Crippen molar-refractivity contribution in [3.63, 3.8) is 0 Å². The van der Waals surface area contributed by atoms with Crippen LogP contribution in [0.5, 0.6) is 5.75 Å². The summed E-state index contributed by atoms with van der Waals surface area (Å²) in [4.78, 5) is 11.7. The van der Waals surface area contributed by atoms with Crippen LogP contribution in [0.4, 0.5) is 5.69 Å². The van der Waals surface area contributed by atoms with Crippen LogP contribution < -0.4 is 10.6 Å². The molecule has 2 aromatic rings. The third-order valence-electron chi connectivity index (χ3n) is 2.71. The van der Waals surface area contributed by atoms with Crippen molar-refractivity contribution >= 4 is 22.4 Å². The molecule has 5 heteroatoms. The molecule has 19 heavy (non-hydrogen) atoms. The first-order chi connectivity index (χ1) is 9.20. The average molecular weight is 260 g/mol. The normalized spacial score (nSPS) is 10.6. The molecule has 4 N–H and O–H groups in total. The number of aliphatic hydroxyl groups excluding tert-OH is 1. The van der Waals surface area contributed by atoms with Crippen molar-refractivity contribution in [2.75, 3.05) is 25.0 Å². The first kappa shape index (κ1) is 13.3. The Morgan fingerprint density at radius 3 is 2.84 bits per heavy atom. The van der Waals surface area contributed by atoms with Crippen LogP contribution in [-0.2, 0) is 4.79 Å². The molecule has 0 atom stereocenters. The highest BCUT2D eigenvalue weighted by Crippen LogP contribution is 2.26. The van der Waals surface area contributed by atoms with Gasteiger partial charge in [-0.15, -0.1) is 0 Å². The molecule has 1 amide bonds. The monoisotopic (exact) mass is 260 g/mol. The number of rotatable bonds is 5. The van der Waals surface area contributed by atoms with Crippen molar-refractivity contribution in [2.45, 2.75) is 0 Å². The number of benzene rings is 2. The van der Waals surface area contributed by atoms with Gasteiger partial charge in [0.25, 0.3) is 0 Å². The van der Waals surface area contributed by atoms with E-state index in [0.717, 1.165) is 10.8 Å². The second-order valence-corrected chi connectivity index (χ2v) is 4.16. The van der Waals surface area contributed by atoms with Gasteiger partial charge in [-0.1, -0.05) is 18.2 Å². The maximum absolute atomic E-state index is 11.7. The number of phenolic OH excluding ortho intramolecular Hbond substituents is 1. The molecule has 0 spiro atoms. The van der Waals surface area contributed by atoms with Crippen LogP contribution in [0.15, 0.2) is 36.4 Å². The summed E-state index contributed by atoms with van der Waals surface area (Å²) in [6, 6.07) is 10.6. The summed E-state index contributed by atoms with van der Waals surface area (Å²) in [6.45, 7) is 0.509. The Balaban J connectivity index is 2.16. The number of carbonyl (C=O) groups is 1. The Morgan fingerprint density at radius 1 is 1.21 bits per heavy atom. The van der Waals surface area contributed by atoms with Gasteiger partial charge in [0.15, 0.2) is 0 Å². The number of fused-ring (bicyclic) bond motifs is 1. The van der Waals surface area contributed by atoms with Crippen LogP contribution in [0.25, 0.3) is 10.8 Å².